The van der Waals surface area contributed by atoms with Crippen molar-refractivity contribution in [2.24, 2.45) is 0 Å². The van der Waals surface area contributed by atoms with Gasteiger partial charge in [0.15, 0.2) is 0 Å². The molecular weight excluding hydrogens is 529 g/mol. The van der Waals surface area contributed by atoms with Gasteiger partial charge in [-0.3, -0.25) is 4.72 Å². The molecule has 0 amide bonds. The predicted molar refractivity (Wildman–Crippen MR) is 169 cm³/mol. The van der Waals surface area contributed by atoms with E-state index in [0.29, 0.717) is 5.70 Å². The molecule has 0 aliphatic carbocycles. The molecule has 0 aliphatic heterocycles. The lowest BCUT2D eigenvalue weighted by Gasteiger charge is -2.28. The number of benzene rings is 5. The molecule has 0 aliphatic rings. The van der Waals surface area contributed by atoms with Gasteiger partial charge in [-0.2, -0.15) is 0 Å². The van der Waals surface area contributed by atoms with Gasteiger partial charge in [-0.05, 0) is 61.7 Å². The molecule has 0 fully saturated rings. The van der Waals surface area contributed by atoms with Crippen LogP contribution in [-0.4, -0.2) is 8.42 Å². The van der Waals surface area contributed by atoms with E-state index in [1.54, 1.807) is 12.1 Å². The highest BCUT2D eigenvalue weighted by atomic mass is 32.2. The van der Waals surface area contributed by atoms with Crippen LogP contribution >= 0.6 is 7.92 Å². The fraction of sp³-hybridized carbons (Fsp3) is 0.0857. The summed E-state index contributed by atoms with van der Waals surface area (Å²) in [5.41, 5.74) is 4.59. The third-order valence-corrected chi connectivity index (χ3v) is 10.8. The zero-order valence-corrected chi connectivity index (χ0v) is 24.3. The van der Waals surface area contributed by atoms with Crippen molar-refractivity contribution < 1.29 is 8.42 Å². The summed E-state index contributed by atoms with van der Waals surface area (Å²) in [6.45, 7) is 4.03. The summed E-state index contributed by atoms with van der Waals surface area (Å²) in [5, 5.41) is 2.44. The highest BCUT2D eigenvalue weighted by molar-refractivity contribution is 7.89. The molecule has 1 N–H and O–H groups in total. The van der Waals surface area contributed by atoms with Crippen molar-refractivity contribution >= 4 is 34.3 Å². The SMILES string of the molecule is Cc1ccc([C@@H](/C=C(\NS(=O)(=O)c2ccc(C)cc2)c2ccccc2)P(c2ccccc2)c2ccccc2)cc1. The Hall–Kier alpha value is -3.98. The third-order valence-electron chi connectivity index (χ3n) is 6.75. The standard InChI is InChI=1S/C35H32NO2PS/c1-27-18-22-30(23-19-27)35(39(31-14-8-4-9-15-31)32-16-10-5-11-17-32)26-34(29-12-6-3-7-13-29)36-40(37,38)33-24-20-28(2)21-25-33/h3-26,35-36H,1-2H3/b34-26-/t35-/m1/s1. The summed E-state index contributed by atoms with van der Waals surface area (Å²) in [7, 11) is -4.76. The molecule has 0 saturated heterocycles. The molecule has 3 nitrogen and oxygen atoms in total. The van der Waals surface area contributed by atoms with Gasteiger partial charge in [-0.15, -0.1) is 0 Å². The van der Waals surface area contributed by atoms with Crippen LogP contribution in [0.15, 0.2) is 150 Å². The first-order valence-electron chi connectivity index (χ1n) is 13.2. The smallest absolute Gasteiger partial charge is 0.261 e. The predicted octanol–water partition coefficient (Wildman–Crippen LogP) is 7.50. The Morgan fingerprint density at radius 3 is 1.57 bits per heavy atom. The molecule has 0 heterocycles. The maximum atomic E-state index is 13.7. The maximum absolute atomic E-state index is 13.7. The number of hydrogen-bond donors (Lipinski definition) is 1. The van der Waals surface area contributed by atoms with Gasteiger partial charge in [0, 0.05) is 5.66 Å². The first-order valence-corrected chi connectivity index (χ1v) is 16.1. The fourth-order valence-corrected chi connectivity index (χ4v) is 8.40. The maximum Gasteiger partial charge on any atom is 0.261 e. The Labute approximate surface area is 239 Å². The highest BCUT2D eigenvalue weighted by Gasteiger charge is 2.27. The largest absolute Gasteiger partial charge is 0.279 e. The molecule has 5 aromatic carbocycles. The van der Waals surface area contributed by atoms with Crippen molar-refractivity contribution in [3.05, 3.63) is 168 Å². The first kappa shape index (κ1) is 27.6. The van der Waals surface area contributed by atoms with Gasteiger partial charge in [0.2, 0.25) is 0 Å². The molecule has 0 aromatic heterocycles. The van der Waals surface area contributed by atoms with Gasteiger partial charge in [0.1, 0.15) is 0 Å². The van der Waals surface area contributed by atoms with E-state index in [2.05, 4.69) is 90.5 Å². The van der Waals surface area contributed by atoms with Gasteiger partial charge in [-0.25, -0.2) is 8.42 Å². The van der Waals surface area contributed by atoms with E-state index in [1.165, 1.54) is 16.2 Å². The van der Waals surface area contributed by atoms with Crippen molar-refractivity contribution in [3.8, 4) is 0 Å². The second kappa shape index (κ2) is 12.5. The zero-order chi connectivity index (χ0) is 28.0. The second-order valence-electron chi connectivity index (χ2n) is 9.76. The van der Waals surface area contributed by atoms with Gasteiger partial charge in [0.05, 0.1) is 10.6 Å². The van der Waals surface area contributed by atoms with Crippen LogP contribution in [0.2, 0.25) is 0 Å². The van der Waals surface area contributed by atoms with E-state index < -0.39 is 17.9 Å². The van der Waals surface area contributed by atoms with Crippen LogP contribution in [0.1, 0.15) is 27.9 Å². The molecule has 5 aromatic rings. The summed E-state index contributed by atoms with van der Waals surface area (Å²) in [6.07, 6.45) is 2.11. The number of sulfonamides is 1. The summed E-state index contributed by atoms with van der Waals surface area (Å²) in [5.74, 6) is 0. The van der Waals surface area contributed by atoms with E-state index in [4.69, 9.17) is 0 Å². The lowest BCUT2D eigenvalue weighted by Crippen LogP contribution is -2.24. The van der Waals surface area contributed by atoms with Crippen molar-refractivity contribution in [3.63, 3.8) is 0 Å². The van der Waals surface area contributed by atoms with Crippen LogP contribution in [0.3, 0.4) is 0 Å². The van der Waals surface area contributed by atoms with E-state index in [0.717, 1.165) is 16.7 Å². The van der Waals surface area contributed by atoms with Crippen LogP contribution < -0.4 is 15.3 Å². The van der Waals surface area contributed by atoms with Crippen LogP contribution in [0.25, 0.3) is 5.70 Å². The molecular formula is C35H32NO2PS. The summed E-state index contributed by atoms with van der Waals surface area (Å²) < 4.78 is 30.3. The lowest BCUT2D eigenvalue weighted by molar-refractivity contribution is 0.591. The van der Waals surface area contributed by atoms with Crippen LogP contribution in [0.4, 0.5) is 0 Å². The summed E-state index contributed by atoms with van der Waals surface area (Å²) in [6, 6.07) is 46.2. The van der Waals surface area contributed by atoms with E-state index in [-0.39, 0.29) is 10.6 Å². The first-order chi connectivity index (χ1) is 19.4. The minimum absolute atomic E-state index is 0.101. The van der Waals surface area contributed by atoms with Crippen molar-refractivity contribution in [2.75, 3.05) is 0 Å². The van der Waals surface area contributed by atoms with Crippen LogP contribution in [0, 0.1) is 13.8 Å². The van der Waals surface area contributed by atoms with E-state index in [1.807, 2.05) is 61.5 Å². The number of hydrogen-bond acceptors (Lipinski definition) is 2. The molecule has 0 bridgehead atoms. The Kier molecular flexibility index (Phi) is 8.60. The summed E-state index contributed by atoms with van der Waals surface area (Å²) >= 11 is 0. The van der Waals surface area contributed by atoms with Gasteiger partial charge in [0.25, 0.3) is 10.0 Å². The highest BCUT2D eigenvalue weighted by Crippen LogP contribution is 2.51. The lowest BCUT2D eigenvalue weighted by atomic mass is 10.1. The third kappa shape index (κ3) is 6.59. The van der Waals surface area contributed by atoms with Gasteiger partial charge < -0.3 is 0 Å². The van der Waals surface area contributed by atoms with Crippen LogP contribution in [0.5, 0.6) is 0 Å². The quantitative estimate of drug-likeness (QED) is 0.190. The normalized spacial score (nSPS) is 12.7. The average molecular weight is 562 g/mol. The molecule has 5 heteroatoms. The van der Waals surface area contributed by atoms with E-state index in [9.17, 15) is 8.42 Å². The molecule has 1 atom stereocenters. The van der Waals surface area contributed by atoms with Crippen molar-refractivity contribution in [2.45, 2.75) is 24.4 Å². The summed E-state index contributed by atoms with van der Waals surface area (Å²) in [4.78, 5) is 0.236. The minimum atomic E-state index is -3.82. The van der Waals surface area contributed by atoms with Crippen molar-refractivity contribution in [1.29, 1.82) is 0 Å². The Morgan fingerprint density at radius 1 is 0.625 bits per heavy atom. The Balaban J connectivity index is 1.71. The zero-order valence-electron chi connectivity index (χ0n) is 22.6. The number of rotatable bonds is 9. The minimum Gasteiger partial charge on any atom is -0.279 e. The molecule has 0 radical (unpaired) electrons. The molecule has 0 saturated carbocycles. The van der Waals surface area contributed by atoms with Crippen LogP contribution in [-0.2, 0) is 10.0 Å². The van der Waals surface area contributed by atoms with Crippen molar-refractivity contribution in [1.82, 2.24) is 4.72 Å². The molecule has 0 unspecified atom stereocenters. The average Bonchev–Trinajstić information content (AvgIpc) is 2.98. The number of aryl methyl sites for hydroxylation is 2. The molecule has 5 rings (SSSR count). The van der Waals surface area contributed by atoms with E-state index >= 15 is 0 Å². The van der Waals surface area contributed by atoms with Gasteiger partial charge in [-0.1, -0.05) is 139 Å². The monoisotopic (exact) mass is 561 g/mol. The molecule has 40 heavy (non-hydrogen) atoms. The Morgan fingerprint density at radius 2 is 1.07 bits per heavy atom. The fourth-order valence-electron chi connectivity index (χ4n) is 4.62. The number of nitrogens with one attached hydrogen (secondary N) is 1. The van der Waals surface area contributed by atoms with Gasteiger partial charge >= 0.3 is 0 Å². The Bertz CT molecular complexity index is 1630. The molecule has 0 spiro atoms. The molecule has 200 valence electrons. The topological polar surface area (TPSA) is 46.2 Å². The number of allylic oxidation sites excluding steroid dienone is 1. The second-order valence-corrected chi connectivity index (χ2v) is 13.8.